The highest BCUT2D eigenvalue weighted by Gasteiger charge is 2.12. The van der Waals surface area contributed by atoms with Gasteiger partial charge in [-0.25, -0.2) is 0 Å². The summed E-state index contributed by atoms with van der Waals surface area (Å²) < 4.78 is 5.41. The molecule has 1 aromatic rings. The quantitative estimate of drug-likeness (QED) is 0.450. The Morgan fingerprint density at radius 3 is 2.62 bits per heavy atom. The third-order valence-corrected chi connectivity index (χ3v) is 2.76. The van der Waals surface area contributed by atoms with E-state index in [1.807, 2.05) is 6.07 Å². The van der Waals surface area contributed by atoms with E-state index in [4.69, 9.17) is 4.42 Å². The molecule has 92 valence electrons. The first-order chi connectivity index (χ1) is 7.72. The Morgan fingerprint density at radius 1 is 1.25 bits per heavy atom. The molecule has 1 unspecified atom stereocenters. The lowest BCUT2D eigenvalue weighted by atomic mass is 10.3. The fourth-order valence-corrected chi connectivity index (χ4v) is 1.76. The average molecular weight is 228 g/mol. The van der Waals surface area contributed by atoms with Crippen LogP contribution in [0.25, 0.3) is 0 Å². The summed E-state index contributed by atoms with van der Waals surface area (Å²) in [6.45, 7) is 5.62. The summed E-state index contributed by atoms with van der Waals surface area (Å²) in [4.78, 5) is 3.10. The van der Waals surface area contributed by atoms with E-state index in [9.17, 15) is 0 Å². The second kappa shape index (κ2) is 7.44. The van der Waals surface area contributed by atoms with Crippen LogP contribution in [0.3, 0.4) is 0 Å². The minimum Gasteiger partial charge on any atom is -0.463 e. The fourth-order valence-electron chi connectivity index (χ4n) is 1.76. The molecule has 1 heterocycles. The van der Waals surface area contributed by atoms with Gasteiger partial charge < -0.3 is 20.0 Å². The van der Waals surface area contributed by atoms with Crippen molar-refractivity contribution in [1.29, 1.82) is 0 Å². The molecule has 5 N–H and O–H groups in total. The lowest BCUT2D eigenvalue weighted by molar-refractivity contribution is -0.951. The topological polar surface area (TPSA) is 49.7 Å². The predicted molar refractivity (Wildman–Crippen MR) is 63.2 cm³/mol. The summed E-state index contributed by atoms with van der Waals surface area (Å²) in [5.74, 6) is 1.09. The highest BCUT2D eigenvalue weighted by Crippen LogP contribution is 1.96. The summed E-state index contributed by atoms with van der Waals surface area (Å²) in [6, 6.07) is 4.03. The van der Waals surface area contributed by atoms with Gasteiger partial charge in [-0.3, -0.25) is 0 Å². The van der Waals surface area contributed by atoms with Crippen molar-refractivity contribution in [1.82, 2.24) is 0 Å². The third kappa shape index (κ3) is 5.30. The van der Waals surface area contributed by atoms with E-state index >= 15 is 0 Å². The monoisotopic (exact) mass is 228 g/mol. The number of hydrogen-bond donors (Lipinski definition) is 3. The maximum atomic E-state index is 5.41. The molecule has 0 fully saturated rings. The van der Waals surface area contributed by atoms with E-state index in [1.165, 1.54) is 31.0 Å². The summed E-state index contributed by atoms with van der Waals surface area (Å²) in [6.07, 6.45) is 2.95. The molecule has 0 spiro atoms. The molecule has 0 bridgehead atoms. The highest BCUT2D eigenvalue weighted by atomic mass is 16.3. The smallest absolute Gasteiger partial charge is 0.157 e. The molecule has 1 aromatic heterocycles. The Hall–Kier alpha value is -0.840. The molecule has 0 aliphatic heterocycles. The van der Waals surface area contributed by atoms with Crippen LogP contribution in [0.5, 0.6) is 0 Å². The second-order valence-corrected chi connectivity index (χ2v) is 4.67. The molecule has 4 nitrogen and oxygen atoms in total. The Balaban J connectivity index is 2.36. The van der Waals surface area contributed by atoms with E-state index in [2.05, 4.69) is 25.9 Å². The zero-order valence-electron chi connectivity index (χ0n) is 10.6. The van der Waals surface area contributed by atoms with Gasteiger partial charge in [-0.05, 0) is 12.1 Å². The maximum absolute atomic E-state index is 5.41. The van der Waals surface area contributed by atoms with Gasteiger partial charge in [-0.15, -0.1) is 0 Å². The van der Waals surface area contributed by atoms with Gasteiger partial charge in [0.15, 0.2) is 5.76 Å². The van der Waals surface area contributed by atoms with Crippen molar-refractivity contribution in [3.05, 3.63) is 24.2 Å². The largest absolute Gasteiger partial charge is 0.463 e. The molecule has 16 heavy (non-hydrogen) atoms. The predicted octanol–water partition coefficient (Wildman–Crippen LogP) is -2.56. The van der Waals surface area contributed by atoms with Crippen LogP contribution < -0.4 is 15.5 Å². The van der Waals surface area contributed by atoms with Gasteiger partial charge in [0, 0.05) is 6.42 Å². The first kappa shape index (κ1) is 13.2. The first-order valence-corrected chi connectivity index (χ1v) is 6.16. The Kier molecular flexibility index (Phi) is 6.15. The van der Waals surface area contributed by atoms with E-state index < -0.39 is 0 Å². The van der Waals surface area contributed by atoms with Crippen LogP contribution in [0.1, 0.15) is 12.2 Å². The number of quaternary nitrogens is 3. The van der Waals surface area contributed by atoms with Gasteiger partial charge in [0.25, 0.3) is 0 Å². The molecule has 4 heteroatoms. The Morgan fingerprint density at radius 2 is 2.06 bits per heavy atom. The van der Waals surface area contributed by atoms with Crippen LogP contribution in [0.2, 0.25) is 0 Å². The van der Waals surface area contributed by atoms with Gasteiger partial charge in [0.05, 0.1) is 33.4 Å². The first-order valence-electron chi connectivity index (χ1n) is 6.16. The molecular formula is C12H26N3O+3. The van der Waals surface area contributed by atoms with Gasteiger partial charge >= 0.3 is 0 Å². The molecule has 0 aliphatic carbocycles. The summed E-state index contributed by atoms with van der Waals surface area (Å²) in [5, 5.41) is 0. The maximum Gasteiger partial charge on any atom is 0.157 e. The number of hydrogen-bond acceptors (Lipinski definition) is 1. The molecular weight excluding hydrogens is 202 g/mol. The number of likely N-dealkylation sites (N-methyl/N-ethyl adjacent to an activating group) is 1. The molecule has 0 amide bonds. The molecule has 0 aromatic carbocycles. The Labute approximate surface area is 98.0 Å². The van der Waals surface area contributed by atoms with Crippen LogP contribution in [-0.4, -0.2) is 40.3 Å². The van der Waals surface area contributed by atoms with Crippen molar-refractivity contribution in [2.45, 2.75) is 13.0 Å². The average Bonchev–Trinajstić information content (AvgIpc) is 2.74. The summed E-state index contributed by atoms with van der Waals surface area (Å²) in [5.41, 5.74) is 3.91. The van der Waals surface area contributed by atoms with Crippen molar-refractivity contribution in [3.8, 4) is 0 Å². The third-order valence-electron chi connectivity index (χ3n) is 2.76. The van der Waals surface area contributed by atoms with E-state index in [-0.39, 0.29) is 0 Å². The van der Waals surface area contributed by atoms with Crippen LogP contribution in [0, 0.1) is 0 Å². The molecule has 0 aliphatic rings. The summed E-state index contributed by atoms with van der Waals surface area (Å²) in [7, 11) is 4.40. The van der Waals surface area contributed by atoms with Crippen LogP contribution in [0.4, 0.5) is 0 Å². The highest BCUT2D eigenvalue weighted by molar-refractivity contribution is 4.95. The van der Waals surface area contributed by atoms with Crippen molar-refractivity contribution >= 4 is 0 Å². The number of nitrogens with one attached hydrogen (secondary N) is 2. The molecule has 1 rings (SSSR count). The standard InChI is InChI=1S/C12H23N3O/c1-14(2)8-9-15(7-4-6-13)11-12-5-3-10-16-12/h3,5,10H,4,6-9,11,13H2,1-2H3/p+3. The van der Waals surface area contributed by atoms with Crippen LogP contribution in [0.15, 0.2) is 22.8 Å². The van der Waals surface area contributed by atoms with E-state index in [0.717, 1.165) is 18.8 Å². The molecule has 1 atom stereocenters. The minimum atomic E-state index is 1.00. The van der Waals surface area contributed by atoms with Crippen molar-refractivity contribution in [2.75, 3.05) is 40.3 Å². The van der Waals surface area contributed by atoms with Crippen molar-refractivity contribution in [3.63, 3.8) is 0 Å². The zero-order chi connectivity index (χ0) is 11.8. The van der Waals surface area contributed by atoms with Gasteiger partial charge in [-0.2, -0.15) is 0 Å². The van der Waals surface area contributed by atoms with Gasteiger partial charge in [0.2, 0.25) is 0 Å². The Bertz CT molecular complexity index is 259. The number of furan rings is 1. The van der Waals surface area contributed by atoms with Crippen molar-refractivity contribution in [2.24, 2.45) is 0 Å². The second-order valence-electron chi connectivity index (χ2n) is 4.67. The van der Waals surface area contributed by atoms with Crippen molar-refractivity contribution < 1.29 is 20.0 Å². The molecule has 0 saturated heterocycles. The van der Waals surface area contributed by atoms with E-state index in [0.29, 0.717) is 0 Å². The molecule has 0 saturated carbocycles. The van der Waals surface area contributed by atoms with E-state index in [1.54, 1.807) is 11.2 Å². The number of rotatable bonds is 8. The zero-order valence-corrected chi connectivity index (χ0v) is 10.6. The minimum absolute atomic E-state index is 1.00. The SMILES string of the molecule is C[NH+](C)CC[NH+](CCC[NH3+])Cc1ccco1. The van der Waals surface area contributed by atoms with Gasteiger partial charge in [0.1, 0.15) is 19.6 Å². The lowest BCUT2D eigenvalue weighted by Crippen LogP contribution is -3.17. The lowest BCUT2D eigenvalue weighted by Gasteiger charge is -2.18. The fraction of sp³-hybridized carbons (Fsp3) is 0.667. The molecule has 0 radical (unpaired) electrons. The van der Waals surface area contributed by atoms with Gasteiger partial charge in [-0.1, -0.05) is 0 Å². The summed E-state index contributed by atoms with van der Waals surface area (Å²) >= 11 is 0. The normalized spacial score (nSPS) is 13.2. The van der Waals surface area contributed by atoms with Crippen LogP contribution in [-0.2, 0) is 6.54 Å². The van der Waals surface area contributed by atoms with Crippen LogP contribution >= 0.6 is 0 Å².